The molecule has 0 heterocycles. The maximum absolute atomic E-state index is 12.1. The molecule has 0 saturated heterocycles. The number of phenolic OH excluding ortho intramolecular Hbond substituents is 1. The van der Waals surface area contributed by atoms with Gasteiger partial charge in [-0.25, -0.2) is 18.4 Å². The first-order chi connectivity index (χ1) is 11.8. The van der Waals surface area contributed by atoms with Crippen molar-refractivity contribution < 1.29 is 27.8 Å². The smallest absolute Gasteiger partial charge is 0.338 e. The first kappa shape index (κ1) is 18.5. The third kappa shape index (κ3) is 4.37. The van der Waals surface area contributed by atoms with Crippen LogP contribution in [0.2, 0.25) is 0 Å². The number of phenols is 1. The number of carbonyl (C=O) groups excluding carboxylic acids is 1. The van der Waals surface area contributed by atoms with E-state index in [1.807, 2.05) is 0 Å². The van der Waals surface area contributed by atoms with Crippen molar-refractivity contribution in [3.05, 3.63) is 53.6 Å². The highest BCUT2D eigenvalue weighted by Crippen LogP contribution is 2.29. The largest absolute Gasteiger partial charge is 0.504 e. The molecule has 0 fully saturated rings. The summed E-state index contributed by atoms with van der Waals surface area (Å²) in [6.07, 6.45) is 1.54. The summed E-state index contributed by atoms with van der Waals surface area (Å²) in [4.78, 5) is 12.0. The number of nitrogens with two attached hydrogens (primary N) is 1. The minimum Gasteiger partial charge on any atom is -0.504 e. The molecular formula is C17H17NO6S. The van der Waals surface area contributed by atoms with Gasteiger partial charge in [-0.1, -0.05) is 18.2 Å². The topological polar surface area (TPSA) is 116 Å². The van der Waals surface area contributed by atoms with Gasteiger partial charge in [0.25, 0.3) is 0 Å². The van der Waals surface area contributed by atoms with Crippen LogP contribution in [0.15, 0.2) is 47.4 Å². The van der Waals surface area contributed by atoms with Gasteiger partial charge in [0, 0.05) is 0 Å². The van der Waals surface area contributed by atoms with E-state index in [1.54, 1.807) is 18.2 Å². The second kappa shape index (κ2) is 7.37. The second-order valence-electron chi connectivity index (χ2n) is 5.05. The summed E-state index contributed by atoms with van der Waals surface area (Å²) < 4.78 is 32.5. The van der Waals surface area contributed by atoms with Crippen molar-refractivity contribution in [2.45, 2.75) is 4.90 Å². The number of aromatic hydroxyl groups is 1. The van der Waals surface area contributed by atoms with E-state index in [4.69, 9.17) is 14.6 Å². The van der Waals surface area contributed by atoms with Gasteiger partial charge in [-0.2, -0.15) is 0 Å². The summed E-state index contributed by atoms with van der Waals surface area (Å²) in [6.45, 7) is 0. The van der Waals surface area contributed by atoms with E-state index >= 15 is 0 Å². The Morgan fingerprint density at radius 2 is 1.76 bits per heavy atom. The molecule has 0 amide bonds. The van der Waals surface area contributed by atoms with Crippen LogP contribution in [0.1, 0.15) is 11.1 Å². The highest BCUT2D eigenvalue weighted by Gasteiger charge is 2.15. The van der Waals surface area contributed by atoms with E-state index in [0.717, 1.165) is 0 Å². The fourth-order valence-corrected chi connectivity index (χ4v) is 2.66. The lowest BCUT2D eigenvalue weighted by Gasteiger charge is -2.08. The number of hydrogen-bond acceptors (Lipinski definition) is 6. The molecule has 0 aliphatic rings. The van der Waals surface area contributed by atoms with Crippen molar-refractivity contribution in [3.8, 4) is 11.5 Å². The van der Waals surface area contributed by atoms with Crippen LogP contribution in [0.3, 0.4) is 0 Å². The molecular weight excluding hydrogens is 346 g/mol. The molecule has 0 aliphatic heterocycles. The van der Waals surface area contributed by atoms with Crippen LogP contribution in [-0.4, -0.2) is 33.7 Å². The highest BCUT2D eigenvalue weighted by molar-refractivity contribution is 7.89. The molecule has 0 bridgehead atoms. The number of benzene rings is 2. The zero-order chi connectivity index (χ0) is 18.6. The first-order valence-corrected chi connectivity index (χ1v) is 8.61. The Morgan fingerprint density at radius 1 is 1.12 bits per heavy atom. The summed E-state index contributed by atoms with van der Waals surface area (Å²) in [7, 11) is -1.17. The Kier molecular flexibility index (Phi) is 5.45. The predicted octanol–water partition coefficient (Wildman–Crippen LogP) is 1.76. The molecule has 8 heteroatoms. The fourth-order valence-electron chi connectivity index (χ4n) is 2.14. The van der Waals surface area contributed by atoms with Crippen molar-refractivity contribution in [2.24, 2.45) is 5.14 Å². The van der Waals surface area contributed by atoms with Gasteiger partial charge in [0.1, 0.15) is 0 Å². The Balaban J connectivity index is 2.51. The molecule has 0 aromatic heterocycles. The molecule has 2 aromatic rings. The Hall–Kier alpha value is -2.84. The third-order valence-electron chi connectivity index (χ3n) is 3.41. The summed E-state index contributed by atoms with van der Waals surface area (Å²) >= 11 is 0. The number of esters is 1. The average molecular weight is 363 g/mol. The number of rotatable bonds is 5. The van der Waals surface area contributed by atoms with Gasteiger partial charge in [-0.3, -0.25) is 0 Å². The van der Waals surface area contributed by atoms with Gasteiger partial charge in [0.2, 0.25) is 10.0 Å². The normalized spacial score (nSPS) is 11.9. The molecule has 2 rings (SSSR count). The number of methoxy groups -OCH3 is 2. The van der Waals surface area contributed by atoms with Crippen molar-refractivity contribution >= 4 is 27.6 Å². The number of primary sulfonamides is 1. The number of ether oxygens (including phenoxy) is 2. The van der Waals surface area contributed by atoms with Crippen molar-refractivity contribution in [2.75, 3.05) is 14.2 Å². The fraction of sp³-hybridized carbons (Fsp3) is 0.118. The minimum absolute atomic E-state index is 0.0308. The minimum atomic E-state index is -3.82. The molecule has 0 atom stereocenters. The van der Waals surface area contributed by atoms with E-state index < -0.39 is 16.0 Å². The summed E-state index contributed by atoms with van der Waals surface area (Å²) in [6, 6.07) is 10.1. The molecule has 0 aliphatic carbocycles. The molecule has 2 aromatic carbocycles. The lowest BCUT2D eigenvalue weighted by Crippen LogP contribution is -2.12. The maximum atomic E-state index is 12.1. The van der Waals surface area contributed by atoms with Crippen molar-refractivity contribution in [3.63, 3.8) is 0 Å². The van der Waals surface area contributed by atoms with E-state index in [1.165, 1.54) is 44.6 Å². The van der Waals surface area contributed by atoms with Crippen LogP contribution in [0, 0.1) is 0 Å². The van der Waals surface area contributed by atoms with E-state index in [2.05, 4.69) is 0 Å². The van der Waals surface area contributed by atoms with Gasteiger partial charge in [0.15, 0.2) is 11.5 Å². The molecule has 132 valence electrons. The Labute approximate surface area is 145 Å². The SMILES string of the molecule is COC(=O)/C(=C/c1ccc(O)c(OC)c1)c1ccc(S(N)(=O)=O)cc1. The Bertz CT molecular complexity index is 917. The molecule has 25 heavy (non-hydrogen) atoms. The average Bonchev–Trinajstić information content (AvgIpc) is 2.59. The van der Waals surface area contributed by atoms with Crippen LogP contribution in [-0.2, 0) is 19.6 Å². The lowest BCUT2D eigenvalue weighted by atomic mass is 10.0. The zero-order valence-electron chi connectivity index (χ0n) is 13.6. The molecule has 0 saturated carbocycles. The van der Waals surface area contributed by atoms with Crippen molar-refractivity contribution in [1.29, 1.82) is 0 Å². The molecule has 7 nitrogen and oxygen atoms in total. The van der Waals surface area contributed by atoms with E-state index in [0.29, 0.717) is 11.1 Å². The highest BCUT2D eigenvalue weighted by atomic mass is 32.2. The zero-order valence-corrected chi connectivity index (χ0v) is 14.4. The van der Waals surface area contributed by atoms with E-state index in [9.17, 15) is 18.3 Å². The molecule has 0 radical (unpaired) electrons. The standard InChI is InChI=1S/C17H17NO6S/c1-23-16-10-11(3-8-15(16)19)9-14(17(20)24-2)12-4-6-13(7-5-12)25(18,21)22/h3-10,19H,1-2H3,(H2,18,21,22)/b14-9+. The quantitative estimate of drug-likeness (QED) is 0.475. The lowest BCUT2D eigenvalue weighted by molar-refractivity contribution is -0.133. The van der Waals surface area contributed by atoms with Gasteiger partial charge < -0.3 is 14.6 Å². The molecule has 0 unspecified atom stereocenters. The van der Waals surface area contributed by atoms with Gasteiger partial charge >= 0.3 is 5.97 Å². The molecule has 3 N–H and O–H groups in total. The van der Waals surface area contributed by atoms with Gasteiger partial charge in [-0.05, 0) is 41.5 Å². The summed E-state index contributed by atoms with van der Waals surface area (Å²) in [5, 5.41) is 14.7. The van der Waals surface area contributed by atoms with Gasteiger partial charge in [0.05, 0.1) is 24.7 Å². The number of carbonyl (C=O) groups is 1. The first-order valence-electron chi connectivity index (χ1n) is 7.06. The Morgan fingerprint density at radius 3 is 2.28 bits per heavy atom. The second-order valence-corrected chi connectivity index (χ2v) is 6.61. The summed E-state index contributed by atoms with van der Waals surface area (Å²) in [5.74, 6) is -0.380. The maximum Gasteiger partial charge on any atom is 0.338 e. The predicted molar refractivity (Wildman–Crippen MR) is 92.4 cm³/mol. The molecule has 0 spiro atoms. The number of hydrogen-bond donors (Lipinski definition) is 2. The van der Waals surface area contributed by atoms with Gasteiger partial charge in [-0.15, -0.1) is 0 Å². The third-order valence-corrected chi connectivity index (χ3v) is 4.34. The van der Waals surface area contributed by atoms with Crippen LogP contribution >= 0.6 is 0 Å². The van der Waals surface area contributed by atoms with Crippen LogP contribution in [0.4, 0.5) is 0 Å². The van der Waals surface area contributed by atoms with E-state index in [-0.39, 0.29) is 22.0 Å². The summed E-state index contributed by atoms with van der Waals surface area (Å²) in [5.41, 5.74) is 1.24. The number of sulfonamides is 1. The van der Waals surface area contributed by atoms with Crippen LogP contribution in [0.25, 0.3) is 11.6 Å². The monoisotopic (exact) mass is 363 g/mol. The van der Waals surface area contributed by atoms with Crippen LogP contribution in [0.5, 0.6) is 11.5 Å². The van der Waals surface area contributed by atoms with Crippen LogP contribution < -0.4 is 9.88 Å². The van der Waals surface area contributed by atoms with Crippen molar-refractivity contribution in [1.82, 2.24) is 0 Å².